The molecule has 1 aromatic heterocycles. The number of benzene rings is 1. The van der Waals surface area contributed by atoms with Gasteiger partial charge in [-0.2, -0.15) is 10.1 Å². The molecule has 4 N–H and O–H groups in total. The molecular weight excluding hydrogens is 483 g/mol. The van der Waals surface area contributed by atoms with E-state index in [-0.39, 0.29) is 30.7 Å². The molecule has 0 saturated carbocycles. The van der Waals surface area contributed by atoms with E-state index in [2.05, 4.69) is 10.1 Å². The summed E-state index contributed by atoms with van der Waals surface area (Å²) < 4.78 is 31.4. The van der Waals surface area contributed by atoms with Crippen molar-refractivity contribution in [2.75, 3.05) is 12.3 Å². The largest absolute Gasteiger partial charge is 0.462 e. The van der Waals surface area contributed by atoms with Crippen molar-refractivity contribution in [1.82, 2.24) is 14.6 Å². The van der Waals surface area contributed by atoms with Crippen LogP contribution in [0.15, 0.2) is 47.4 Å². The zero-order chi connectivity index (χ0) is 24.9. The van der Waals surface area contributed by atoms with Crippen molar-refractivity contribution in [2.24, 2.45) is 0 Å². The number of aliphatic hydroxyl groups excluding tert-OH is 1. The number of carbonyl (C=O) groups excluding carboxylic acids is 1. The first-order chi connectivity index (χ1) is 16.1. The summed E-state index contributed by atoms with van der Waals surface area (Å²) in [5.74, 6) is -0.222. The fourth-order valence-corrected chi connectivity index (χ4v) is 6.25. The van der Waals surface area contributed by atoms with Crippen molar-refractivity contribution in [2.45, 2.75) is 56.1 Å². The van der Waals surface area contributed by atoms with E-state index >= 15 is 0 Å². The lowest BCUT2D eigenvalue weighted by molar-refractivity contribution is -0.149. The highest BCUT2D eigenvalue weighted by Gasteiger charge is 2.39. The van der Waals surface area contributed by atoms with Gasteiger partial charge < -0.3 is 20.1 Å². The molecule has 1 aliphatic heterocycles. The molecule has 13 heteroatoms. The summed E-state index contributed by atoms with van der Waals surface area (Å²) in [6.07, 6.45) is 0.595. The monoisotopic (exact) mass is 512 g/mol. The van der Waals surface area contributed by atoms with E-state index in [9.17, 15) is 19.3 Å². The minimum atomic E-state index is -4.05. The number of esters is 1. The lowest BCUT2D eigenvalue weighted by atomic mass is 10.2. The zero-order valence-electron chi connectivity index (χ0n) is 19.1. The van der Waals surface area contributed by atoms with Crippen LogP contribution >= 0.6 is 19.5 Å². The predicted octanol–water partition coefficient (Wildman–Crippen LogP) is 2.32. The number of nitrogen functional groups attached to an aromatic ring is 1. The zero-order valence-corrected chi connectivity index (χ0v) is 20.8. The molecule has 2 heterocycles. The van der Waals surface area contributed by atoms with Gasteiger partial charge in [0.05, 0.1) is 29.4 Å². The summed E-state index contributed by atoms with van der Waals surface area (Å²) in [5.41, 5.74) is 5.02. The number of aromatic nitrogens is 2. The van der Waals surface area contributed by atoms with Crippen LogP contribution in [0.2, 0.25) is 0 Å². The van der Waals surface area contributed by atoms with Gasteiger partial charge >= 0.3 is 19.4 Å². The molecule has 0 aliphatic carbocycles. The third kappa shape index (κ3) is 7.07. The number of hydrogen-bond acceptors (Lipinski definition) is 10. The number of ether oxygens (including phenoxy) is 1. The van der Waals surface area contributed by atoms with Crippen LogP contribution in [0.3, 0.4) is 0 Å². The molecule has 0 unspecified atom stereocenters. The maximum absolute atomic E-state index is 13.6. The lowest BCUT2D eigenvalue weighted by Gasteiger charge is -2.25. The molecule has 186 valence electrons. The normalized spacial score (nSPS) is 22.8. The van der Waals surface area contributed by atoms with Crippen LogP contribution in [0.4, 0.5) is 5.82 Å². The van der Waals surface area contributed by atoms with Crippen LogP contribution in [0, 0.1) is 0 Å². The van der Waals surface area contributed by atoms with Crippen molar-refractivity contribution in [3.05, 3.63) is 53.1 Å². The van der Waals surface area contributed by atoms with Crippen molar-refractivity contribution in [3.8, 4) is 5.75 Å². The third-order valence-electron chi connectivity index (χ3n) is 4.80. The molecule has 1 fully saturated rings. The van der Waals surface area contributed by atoms with Crippen molar-refractivity contribution >= 4 is 31.3 Å². The number of nitrogens with one attached hydrogen (secondary N) is 1. The summed E-state index contributed by atoms with van der Waals surface area (Å²) in [5, 5.41) is 12.2. The standard InChI is InChI=1S/C21H29N4O7PS/c1-13(2)31-20(27)14(3)24-33(29,32-15-7-5-4-6-8-15)30-12-17-16(26)11-19(34-17)25-10-9-18(22)23-21(25)28/h4-10,13-14,16-17,19,26H,11-12H2,1-3H3,(H,24,29)(H2,22,23,28)/t14-,16+,17+,19+,33-/m0/s1. The average molecular weight is 513 g/mol. The van der Waals surface area contributed by atoms with Gasteiger partial charge in [-0.3, -0.25) is 13.9 Å². The second kappa shape index (κ2) is 11.4. The fourth-order valence-electron chi connectivity index (χ4n) is 3.19. The van der Waals surface area contributed by atoms with Crippen LogP contribution in [-0.4, -0.2) is 50.7 Å². The van der Waals surface area contributed by atoms with Crippen LogP contribution in [0.1, 0.15) is 32.6 Å². The van der Waals surface area contributed by atoms with E-state index in [1.165, 1.54) is 35.5 Å². The number of carbonyl (C=O) groups is 1. The van der Waals surface area contributed by atoms with Crippen LogP contribution < -0.4 is 21.0 Å². The lowest BCUT2D eigenvalue weighted by Crippen LogP contribution is -2.37. The minimum absolute atomic E-state index is 0.111. The van der Waals surface area contributed by atoms with Gasteiger partial charge in [0.2, 0.25) is 0 Å². The first-order valence-electron chi connectivity index (χ1n) is 10.7. The highest BCUT2D eigenvalue weighted by Crippen LogP contribution is 2.48. The Kier molecular flexibility index (Phi) is 8.78. The van der Waals surface area contributed by atoms with E-state index in [1.54, 1.807) is 44.2 Å². The van der Waals surface area contributed by atoms with Gasteiger partial charge in [0.25, 0.3) is 0 Å². The summed E-state index contributed by atoms with van der Waals surface area (Å²) >= 11 is 1.28. The van der Waals surface area contributed by atoms with E-state index in [0.717, 1.165) is 0 Å². The molecule has 11 nitrogen and oxygen atoms in total. The molecule has 2 aromatic rings. The maximum Gasteiger partial charge on any atom is 0.459 e. The number of hydrogen-bond donors (Lipinski definition) is 3. The molecule has 1 aromatic carbocycles. The quantitative estimate of drug-likeness (QED) is 0.317. The molecule has 34 heavy (non-hydrogen) atoms. The number of para-hydroxylation sites is 1. The summed E-state index contributed by atoms with van der Waals surface area (Å²) in [6.45, 7) is 4.74. The summed E-state index contributed by atoms with van der Waals surface area (Å²) in [7, 11) is -4.05. The molecule has 0 amide bonds. The maximum atomic E-state index is 13.6. The Hall–Kier alpha value is -2.37. The smallest absolute Gasteiger partial charge is 0.459 e. The molecular formula is C21H29N4O7PS. The Labute approximate surface area is 201 Å². The molecule has 0 spiro atoms. The van der Waals surface area contributed by atoms with Crippen molar-refractivity contribution in [1.29, 1.82) is 0 Å². The first-order valence-corrected chi connectivity index (χ1v) is 13.2. The fraction of sp³-hybridized carbons (Fsp3) is 0.476. The summed E-state index contributed by atoms with van der Waals surface area (Å²) in [4.78, 5) is 28.1. The first kappa shape index (κ1) is 26.2. The number of rotatable bonds is 10. The molecule has 0 bridgehead atoms. The Morgan fingerprint density at radius 2 is 2.03 bits per heavy atom. The van der Waals surface area contributed by atoms with Gasteiger partial charge in [-0.15, -0.1) is 11.8 Å². The van der Waals surface area contributed by atoms with Crippen LogP contribution in [0.5, 0.6) is 5.75 Å². The number of nitrogens with two attached hydrogens (primary N) is 1. The number of aliphatic hydroxyl groups is 1. The van der Waals surface area contributed by atoms with Gasteiger partial charge in [-0.1, -0.05) is 18.2 Å². The van der Waals surface area contributed by atoms with Gasteiger partial charge in [-0.25, -0.2) is 9.36 Å². The van der Waals surface area contributed by atoms with E-state index in [0.29, 0.717) is 0 Å². The number of thioether (sulfide) groups is 1. The Morgan fingerprint density at radius 3 is 2.68 bits per heavy atom. The van der Waals surface area contributed by atoms with E-state index in [1.807, 2.05) is 0 Å². The Morgan fingerprint density at radius 1 is 1.32 bits per heavy atom. The van der Waals surface area contributed by atoms with Crippen LogP contribution in [0.25, 0.3) is 0 Å². The highest BCUT2D eigenvalue weighted by atomic mass is 32.2. The average Bonchev–Trinajstić information content (AvgIpc) is 3.12. The topological polar surface area (TPSA) is 155 Å². The SMILES string of the molecule is CC(C)OC(=O)[C@H](C)N[P@](=O)(OC[C@H]1S[C@@H](n2ccc(N)nc2=O)C[C@H]1O)Oc1ccccc1. The second-order valence-electron chi connectivity index (χ2n) is 8.01. The van der Waals surface area contributed by atoms with Gasteiger partial charge in [0, 0.05) is 12.6 Å². The predicted molar refractivity (Wildman–Crippen MR) is 128 cm³/mol. The second-order valence-corrected chi connectivity index (χ2v) is 11.1. The molecule has 1 aliphatic rings. The molecule has 3 rings (SSSR count). The van der Waals surface area contributed by atoms with Gasteiger partial charge in [0.1, 0.15) is 17.6 Å². The Balaban J connectivity index is 1.71. The molecule has 5 atom stereocenters. The third-order valence-corrected chi connectivity index (χ3v) is 7.98. The van der Waals surface area contributed by atoms with E-state index < -0.39 is 42.2 Å². The van der Waals surface area contributed by atoms with Crippen molar-refractivity contribution < 1.29 is 28.3 Å². The van der Waals surface area contributed by atoms with Gasteiger partial charge in [0.15, 0.2) is 0 Å². The Bertz CT molecular complexity index is 1080. The van der Waals surface area contributed by atoms with Crippen molar-refractivity contribution in [3.63, 3.8) is 0 Å². The molecule has 0 radical (unpaired) electrons. The summed E-state index contributed by atoms with van der Waals surface area (Å²) in [6, 6.07) is 8.90. The van der Waals surface area contributed by atoms with Crippen LogP contribution in [-0.2, 0) is 18.6 Å². The van der Waals surface area contributed by atoms with E-state index in [4.69, 9.17) is 19.5 Å². The number of anilines is 1. The molecule has 1 saturated heterocycles. The number of nitrogens with zero attached hydrogens (tertiary/aromatic N) is 2. The highest BCUT2D eigenvalue weighted by molar-refractivity contribution is 8.00. The minimum Gasteiger partial charge on any atom is -0.462 e. The van der Waals surface area contributed by atoms with Gasteiger partial charge in [-0.05, 0) is 39.0 Å².